The maximum Gasteiger partial charge on any atom is 0.145 e. The molecule has 0 spiro atoms. The van der Waals surface area contributed by atoms with E-state index in [1.807, 2.05) is 26.0 Å². The number of nitrogen functional groups attached to an aromatic ring is 1. The van der Waals surface area contributed by atoms with Crippen LogP contribution in [0.5, 0.6) is 5.75 Å². The van der Waals surface area contributed by atoms with Crippen LogP contribution in [0.15, 0.2) is 12.1 Å². The number of benzene rings is 1. The maximum absolute atomic E-state index is 11.9. The monoisotopic (exact) mass is 183 g/mol. The summed E-state index contributed by atoms with van der Waals surface area (Å²) in [5.74, 6) is 0.600. The lowest BCUT2D eigenvalue weighted by atomic mass is 10.1. The van der Waals surface area contributed by atoms with Crippen LogP contribution in [0.25, 0.3) is 0 Å². The minimum atomic E-state index is -0.493. The fourth-order valence-electron chi connectivity index (χ4n) is 1.33. The first-order chi connectivity index (χ1) is 6.15. The Kier molecular flexibility index (Phi) is 3.12. The largest absolute Gasteiger partial charge is 0.488 e. The van der Waals surface area contributed by atoms with Crippen LogP contribution in [-0.2, 0) is 0 Å². The second kappa shape index (κ2) is 4.12. The number of alkyl halides is 1. The predicted molar refractivity (Wildman–Crippen MR) is 51.8 cm³/mol. The number of halogens is 1. The van der Waals surface area contributed by atoms with Gasteiger partial charge in [-0.3, -0.25) is 0 Å². The van der Waals surface area contributed by atoms with Crippen LogP contribution < -0.4 is 10.5 Å². The van der Waals surface area contributed by atoms with Crippen molar-refractivity contribution in [1.29, 1.82) is 0 Å². The Bertz CT molecular complexity index is 276. The van der Waals surface area contributed by atoms with Crippen LogP contribution in [0.4, 0.5) is 10.1 Å². The third-order valence-corrected chi connectivity index (χ3v) is 1.77. The van der Waals surface area contributed by atoms with E-state index in [0.717, 1.165) is 11.1 Å². The molecule has 2 N–H and O–H groups in total. The van der Waals surface area contributed by atoms with E-state index in [-0.39, 0.29) is 6.61 Å². The summed E-state index contributed by atoms with van der Waals surface area (Å²) in [5, 5.41) is 0. The topological polar surface area (TPSA) is 35.2 Å². The zero-order chi connectivity index (χ0) is 9.84. The Labute approximate surface area is 77.5 Å². The minimum absolute atomic E-state index is 0.0636. The van der Waals surface area contributed by atoms with Crippen molar-refractivity contribution in [2.24, 2.45) is 0 Å². The van der Waals surface area contributed by atoms with Gasteiger partial charge in [-0.1, -0.05) is 6.07 Å². The minimum Gasteiger partial charge on any atom is -0.488 e. The van der Waals surface area contributed by atoms with Crippen molar-refractivity contribution < 1.29 is 9.13 Å². The Hall–Kier alpha value is -1.25. The van der Waals surface area contributed by atoms with E-state index in [4.69, 9.17) is 10.5 Å². The van der Waals surface area contributed by atoms with Crippen LogP contribution in [-0.4, -0.2) is 13.3 Å². The number of anilines is 1. The summed E-state index contributed by atoms with van der Waals surface area (Å²) in [6.07, 6.45) is 0. The molecule has 0 fully saturated rings. The summed E-state index contributed by atoms with van der Waals surface area (Å²) < 4.78 is 17.0. The van der Waals surface area contributed by atoms with Gasteiger partial charge in [-0.25, -0.2) is 4.39 Å². The molecule has 1 aromatic rings. The second-order valence-corrected chi connectivity index (χ2v) is 3.04. The number of hydrogen-bond acceptors (Lipinski definition) is 2. The molecule has 0 saturated carbocycles. The molecule has 1 aromatic carbocycles. The predicted octanol–water partition coefficient (Wildman–Crippen LogP) is 2.23. The molecule has 0 aliphatic carbocycles. The molecule has 0 atom stereocenters. The average molecular weight is 183 g/mol. The Morgan fingerprint density at radius 1 is 1.38 bits per heavy atom. The summed E-state index contributed by atoms with van der Waals surface area (Å²) in [4.78, 5) is 0. The first-order valence-corrected chi connectivity index (χ1v) is 4.20. The van der Waals surface area contributed by atoms with E-state index >= 15 is 0 Å². The Balaban J connectivity index is 2.92. The Morgan fingerprint density at radius 2 is 2.08 bits per heavy atom. The molecule has 13 heavy (non-hydrogen) atoms. The quantitative estimate of drug-likeness (QED) is 0.729. The first kappa shape index (κ1) is 9.84. The molecule has 72 valence electrons. The molecule has 3 heteroatoms. The lowest BCUT2D eigenvalue weighted by Crippen LogP contribution is -2.03. The fraction of sp³-hybridized carbons (Fsp3) is 0.400. The van der Waals surface area contributed by atoms with Gasteiger partial charge in [-0.15, -0.1) is 0 Å². The van der Waals surface area contributed by atoms with Gasteiger partial charge in [-0.2, -0.15) is 0 Å². The number of aryl methyl sites for hydroxylation is 2. The molecule has 1 rings (SSSR count). The van der Waals surface area contributed by atoms with E-state index in [0.29, 0.717) is 11.4 Å². The summed E-state index contributed by atoms with van der Waals surface area (Å²) in [6, 6.07) is 3.78. The summed E-state index contributed by atoms with van der Waals surface area (Å²) in [5.41, 5.74) is 8.33. The van der Waals surface area contributed by atoms with Gasteiger partial charge in [0, 0.05) is 0 Å². The molecular weight excluding hydrogens is 169 g/mol. The van der Waals surface area contributed by atoms with Crippen molar-refractivity contribution in [3.63, 3.8) is 0 Å². The van der Waals surface area contributed by atoms with Gasteiger partial charge in [0.25, 0.3) is 0 Å². The van der Waals surface area contributed by atoms with E-state index in [1.165, 1.54) is 0 Å². The normalized spacial score (nSPS) is 10.1. The zero-order valence-electron chi connectivity index (χ0n) is 7.93. The van der Waals surface area contributed by atoms with Gasteiger partial charge < -0.3 is 10.5 Å². The molecule has 0 aliphatic rings. The molecule has 2 nitrogen and oxygen atoms in total. The third-order valence-electron chi connectivity index (χ3n) is 1.77. The van der Waals surface area contributed by atoms with Crippen molar-refractivity contribution >= 4 is 5.69 Å². The van der Waals surface area contributed by atoms with Crippen LogP contribution in [0, 0.1) is 13.8 Å². The molecule has 0 saturated heterocycles. The first-order valence-electron chi connectivity index (χ1n) is 4.20. The van der Waals surface area contributed by atoms with Gasteiger partial charge in [0.1, 0.15) is 19.0 Å². The van der Waals surface area contributed by atoms with Crippen LogP contribution >= 0.6 is 0 Å². The SMILES string of the molecule is Cc1cc(C)c(OCCF)c(N)c1. The zero-order valence-corrected chi connectivity index (χ0v) is 7.93. The van der Waals surface area contributed by atoms with E-state index in [9.17, 15) is 4.39 Å². The number of hydrogen-bond donors (Lipinski definition) is 1. The molecule has 0 aliphatic heterocycles. The van der Waals surface area contributed by atoms with E-state index < -0.39 is 6.67 Å². The van der Waals surface area contributed by atoms with Gasteiger partial charge >= 0.3 is 0 Å². The van der Waals surface area contributed by atoms with Crippen LogP contribution in [0.1, 0.15) is 11.1 Å². The fourth-order valence-corrected chi connectivity index (χ4v) is 1.33. The number of ether oxygens (including phenoxy) is 1. The molecule has 0 bridgehead atoms. The summed E-state index contributed by atoms with van der Waals surface area (Å²) in [7, 11) is 0. The standard InChI is InChI=1S/C10H14FNO/c1-7-5-8(2)10(9(12)6-7)13-4-3-11/h5-6H,3-4,12H2,1-2H3. The van der Waals surface area contributed by atoms with Crippen molar-refractivity contribution in [2.75, 3.05) is 19.0 Å². The molecule has 0 amide bonds. The van der Waals surface area contributed by atoms with Gasteiger partial charge in [0.2, 0.25) is 0 Å². The van der Waals surface area contributed by atoms with Crippen molar-refractivity contribution in [2.45, 2.75) is 13.8 Å². The molecule has 0 aromatic heterocycles. The van der Waals surface area contributed by atoms with E-state index in [2.05, 4.69) is 0 Å². The maximum atomic E-state index is 11.9. The molecule has 0 radical (unpaired) electrons. The van der Waals surface area contributed by atoms with Gasteiger partial charge in [0.15, 0.2) is 0 Å². The summed E-state index contributed by atoms with van der Waals surface area (Å²) in [6.45, 7) is 3.43. The van der Waals surface area contributed by atoms with Gasteiger partial charge in [-0.05, 0) is 31.0 Å². The highest BCUT2D eigenvalue weighted by molar-refractivity contribution is 5.58. The van der Waals surface area contributed by atoms with Crippen LogP contribution in [0.3, 0.4) is 0 Å². The van der Waals surface area contributed by atoms with Crippen LogP contribution in [0.2, 0.25) is 0 Å². The molecule has 0 heterocycles. The molecular formula is C10H14FNO. The highest BCUT2D eigenvalue weighted by atomic mass is 19.1. The lowest BCUT2D eigenvalue weighted by molar-refractivity contribution is 0.273. The number of rotatable bonds is 3. The number of nitrogens with two attached hydrogens (primary N) is 1. The highest BCUT2D eigenvalue weighted by Crippen LogP contribution is 2.27. The van der Waals surface area contributed by atoms with E-state index in [1.54, 1.807) is 0 Å². The smallest absolute Gasteiger partial charge is 0.145 e. The van der Waals surface area contributed by atoms with Crippen molar-refractivity contribution in [1.82, 2.24) is 0 Å². The van der Waals surface area contributed by atoms with Crippen molar-refractivity contribution in [3.8, 4) is 5.75 Å². The van der Waals surface area contributed by atoms with Crippen molar-refractivity contribution in [3.05, 3.63) is 23.3 Å². The third kappa shape index (κ3) is 2.34. The van der Waals surface area contributed by atoms with Gasteiger partial charge in [0.05, 0.1) is 5.69 Å². The Morgan fingerprint density at radius 3 is 2.62 bits per heavy atom. The summed E-state index contributed by atoms with van der Waals surface area (Å²) >= 11 is 0. The highest BCUT2D eigenvalue weighted by Gasteiger charge is 2.04. The second-order valence-electron chi connectivity index (χ2n) is 3.04. The molecule has 0 unspecified atom stereocenters. The average Bonchev–Trinajstić information content (AvgIpc) is 2.02. The lowest BCUT2D eigenvalue weighted by Gasteiger charge is -2.11.